The SMILES string of the molecule is CO[C@@H]1[C@@H](O)[C@H](O[C@@H]2[C@@H](O)[C@H](O[C@H]3[C@H](O)[C@@H](O)[C@H](O[C@H]4[C@H](O[C@H]5CC[C@]6(C)C7=C[C@H](O)[C@]89C(=O)O[C@@](C)(CCC=C(C)C)[C@@]8(O)CC[C@@]9(C)[C@@H]7CC[C@@H]6C5(C)C)OC[C@@H](OS(=O)(=O)O)[C@@H]4O)O[C@@H]3C)O[C@H](CO)[C@H]2O)O[C@H](CO)[C@H]1O. The Bertz CT molecular complexity index is 2440. The molecule has 0 amide bonds. The number of hydrogen-bond donors (Lipinski definition) is 12. The van der Waals surface area contributed by atoms with Crippen molar-refractivity contribution in [3.63, 3.8) is 0 Å². The number of carbonyl (C=O) groups is 1. The van der Waals surface area contributed by atoms with Gasteiger partial charge in [0.25, 0.3) is 0 Å². The van der Waals surface area contributed by atoms with Gasteiger partial charge in [-0.15, -0.1) is 0 Å². The smallest absolute Gasteiger partial charge is 0.397 e. The van der Waals surface area contributed by atoms with E-state index in [2.05, 4.69) is 6.92 Å². The molecule has 1 spiro atoms. The highest BCUT2D eigenvalue weighted by atomic mass is 32.3. The first-order valence-corrected chi connectivity index (χ1v) is 29.5. The summed E-state index contributed by atoms with van der Waals surface area (Å²) in [5.74, 6) is -0.888. The van der Waals surface area contributed by atoms with Crippen LogP contribution in [-0.4, -0.2) is 242 Å². The van der Waals surface area contributed by atoms with Gasteiger partial charge in [0, 0.05) is 7.11 Å². The monoisotopic (exact) mass is 1180 g/mol. The van der Waals surface area contributed by atoms with Crippen molar-refractivity contribution >= 4 is 16.4 Å². The summed E-state index contributed by atoms with van der Waals surface area (Å²) in [4.78, 5) is 14.5. The maximum atomic E-state index is 14.5. The van der Waals surface area contributed by atoms with Crippen LogP contribution >= 0.6 is 0 Å². The van der Waals surface area contributed by atoms with Gasteiger partial charge in [-0.2, -0.15) is 8.42 Å². The van der Waals surface area contributed by atoms with E-state index in [1.165, 1.54) is 14.0 Å². The van der Waals surface area contributed by atoms with Crippen LogP contribution in [0.1, 0.15) is 107 Å². The van der Waals surface area contributed by atoms with Crippen LogP contribution in [0.3, 0.4) is 0 Å². The van der Waals surface area contributed by atoms with Crippen molar-refractivity contribution in [2.45, 2.75) is 247 Å². The number of rotatable bonds is 16. The standard InChI is InChI=1S/C54H86O26S/c1-23(2)11-10-15-52(8)53(66)18-17-51(7)25-12-13-30-49(4,5)32(14-16-50(30,6)26(25)19-31(57)54(51,53)48(65)79-52)75-47-43(35(60)29(22-71-47)80-81(67,68)69)78-44-37(62)36(61)40(24(3)72-44)76-46-39(64)42(34(59)28(21-56)74-46)77-45-38(63)41(70-9)33(58)27(20-55)73-45/h11,19,24-25,27-47,55-64,66H,10,12-18,20-22H2,1-9H3,(H,67,68,69)/t24-,25-,27-,28-,29-,30-,31+,32+,33-,34-,35+,36-,37-,38-,39-,40-,41+,42+,43-,44+,45+,46+,47+,50-,51+,52+,53+,54-/m1/s1. The number of cyclic esters (lactones) is 1. The van der Waals surface area contributed by atoms with E-state index in [0.717, 1.165) is 11.1 Å². The minimum absolute atomic E-state index is 0.117. The van der Waals surface area contributed by atoms with Gasteiger partial charge in [-0.1, -0.05) is 51.0 Å². The predicted molar refractivity (Wildman–Crippen MR) is 274 cm³/mol. The minimum atomic E-state index is -5.19. The van der Waals surface area contributed by atoms with Crippen molar-refractivity contribution in [1.29, 1.82) is 0 Å². The number of ether oxygens (including phenoxy) is 10. The van der Waals surface area contributed by atoms with Crippen molar-refractivity contribution in [3.8, 4) is 0 Å². The van der Waals surface area contributed by atoms with Crippen LogP contribution in [-0.2, 0) is 66.7 Å². The second-order valence-corrected chi connectivity index (χ2v) is 26.6. The summed E-state index contributed by atoms with van der Waals surface area (Å²) < 4.78 is 97.8. The van der Waals surface area contributed by atoms with Crippen LogP contribution in [0.5, 0.6) is 0 Å². The Morgan fingerprint density at radius 3 is 1.91 bits per heavy atom. The molecule has 5 saturated heterocycles. The lowest BCUT2D eigenvalue weighted by molar-refractivity contribution is -0.389. The number of hydrogen-bond acceptors (Lipinski definition) is 25. The molecule has 0 aromatic rings. The summed E-state index contributed by atoms with van der Waals surface area (Å²) in [6.45, 7) is 13.1. The van der Waals surface area contributed by atoms with Gasteiger partial charge >= 0.3 is 16.4 Å². The molecule has 26 nitrogen and oxygen atoms in total. The van der Waals surface area contributed by atoms with Crippen molar-refractivity contribution < 1.29 is 125 Å². The van der Waals surface area contributed by atoms with Gasteiger partial charge in [0.15, 0.2) is 25.2 Å². The van der Waals surface area contributed by atoms with E-state index in [1.807, 2.05) is 40.7 Å². The number of methoxy groups -OCH3 is 1. The summed E-state index contributed by atoms with van der Waals surface area (Å²) in [5, 5.41) is 124. The molecule has 0 aromatic heterocycles. The topological polar surface area (TPSA) is 396 Å². The average molecular weight is 1180 g/mol. The molecule has 5 heterocycles. The molecule has 0 aromatic carbocycles. The first-order chi connectivity index (χ1) is 37.8. The summed E-state index contributed by atoms with van der Waals surface area (Å²) >= 11 is 0. The number of allylic oxidation sites excluding steroid dienone is 3. The van der Waals surface area contributed by atoms with Crippen LogP contribution in [0.15, 0.2) is 23.3 Å². The van der Waals surface area contributed by atoms with E-state index in [9.17, 15) is 73.9 Å². The highest BCUT2D eigenvalue weighted by Gasteiger charge is 2.85. The lowest BCUT2D eigenvalue weighted by Crippen LogP contribution is -2.68. The van der Waals surface area contributed by atoms with Gasteiger partial charge in [-0.05, 0) is 107 Å². The van der Waals surface area contributed by atoms with Crippen molar-refractivity contribution in [1.82, 2.24) is 0 Å². The molecule has 81 heavy (non-hydrogen) atoms. The van der Waals surface area contributed by atoms with E-state index in [0.29, 0.717) is 44.9 Å². The number of fused-ring (bicyclic) bond motifs is 4. The lowest BCUT2D eigenvalue weighted by atomic mass is 9.40. The highest BCUT2D eigenvalue weighted by molar-refractivity contribution is 7.80. The molecule has 4 aliphatic carbocycles. The zero-order chi connectivity index (χ0) is 59.5. The quantitative estimate of drug-likeness (QED) is 0.0363. The van der Waals surface area contributed by atoms with E-state index in [4.69, 9.17) is 51.6 Å². The molecule has 0 radical (unpaired) electrons. The average Bonchev–Trinajstić information content (AvgIpc) is 1.90. The lowest BCUT2D eigenvalue weighted by Gasteiger charge is -2.64. The Kier molecular flexibility index (Phi) is 18.0. The van der Waals surface area contributed by atoms with E-state index in [1.54, 1.807) is 13.0 Å². The third-order valence-electron chi connectivity index (χ3n) is 20.5. The minimum Gasteiger partial charge on any atom is -0.456 e. The molecule has 27 heteroatoms. The Balaban J connectivity index is 0.913. The van der Waals surface area contributed by atoms with Gasteiger partial charge in [0.1, 0.15) is 102 Å². The zero-order valence-electron chi connectivity index (χ0n) is 47.2. The molecular formula is C54H86O26S. The molecule has 8 fully saturated rings. The van der Waals surface area contributed by atoms with E-state index < -0.39 is 198 Å². The fourth-order valence-corrected chi connectivity index (χ4v) is 16.7. The van der Waals surface area contributed by atoms with E-state index in [-0.39, 0.29) is 18.3 Å². The second kappa shape index (κ2) is 22.9. The fourth-order valence-electron chi connectivity index (χ4n) is 16.2. The second-order valence-electron chi connectivity index (χ2n) is 25.5. The number of esters is 1. The molecule has 3 saturated carbocycles. The van der Waals surface area contributed by atoms with Gasteiger partial charge in [0.2, 0.25) is 0 Å². The van der Waals surface area contributed by atoms with Gasteiger partial charge in [0.05, 0.1) is 38.1 Å². The first-order valence-electron chi connectivity index (χ1n) is 28.2. The largest absolute Gasteiger partial charge is 0.456 e. The summed E-state index contributed by atoms with van der Waals surface area (Å²) in [6, 6.07) is 0. The molecule has 12 N–H and O–H groups in total. The Hall–Kier alpha value is -1.98. The van der Waals surface area contributed by atoms with Crippen LogP contribution in [0.25, 0.3) is 0 Å². The van der Waals surface area contributed by atoms with E-state index >= 15 is 0 Å². The molecule has 464 valence electrons. The highest BCUT2D eigenvalue weighted by Crippen LogP contribution is 2.77. The summed E-state index contributed by atoms with van der Waals surface area (Å²) in [6.07, 6.45) is -26.5. The Morgan fingerprint density at radius 2 is 1.31 bits per heavy atom. The molecule has 28 atom stereocenters. The number of aliphatic hydroxyl groups is 11. The molecule has 0 bridgehead atoms. The Labute approximate surface area is 471 Å². The third-order valence-corrected chi connectivity index (χ3v) is 21.0. The fraction of sp³-hybridized carbons (Fsp3) is 0.907. The molecule has 5 aliphatic heterocycles. The van der Waals surface area contributed by atoms with Crippen molar-refractivity contribution in [3.05, 3.63) is 23.3 Å². The van der Waals surface area contributed by atoms with Crippen LogP contribution in [0.4, 0.5) is 0 Å². The molecule has 9 aliphatic rings. The first kappa shape index (κ1) is 63.5. The summed E-state index contributed by atoms with van der Waals surface area (Å²) in [5.41, 5.74) is -4.47. The van der Waals surface area contributed by atoms with Crippen LogP contribution in [0.2, 0.25) is 0 Å². The van der Waals surface area contributed by atoms with Gasteiger partial charge in [-0.3, -0.25) is 9.35 Å². The van der Waals surface area contributed by atoms with Crippen LogP contribution < -0.4 is 0 Å². The van der Waals surface area contributed by atoms with Crippen molar-refractivity contribution in [2.75, 3.05) is 26.9 Å². The normalized spacial score (nSPS) is 51.5. The Morgan fingerprint density at radius 1 is 0.716 bits per heavy atom. The maximum Gasteiger partial charge on any atom is 0.397 e. The zero-order valence-corrected chi connectivity index (χ0v) is 48.0. The molecule has 9 rings (SSSR count). The number of aliphatic hydroxyl groups excluding tert-OH is 10. The van der Waals surface area contributed by atoms with Gasteiger partial charge < -0.3 is 104 Å². The van der Waals surface area contributed by atoms with Crippen molar-refractivity contribution in [2.24, 2.45) is 33.5 Å². The third kappa shape index (κ3) is 10.3. The van der Waals surface area contributed by atoms with Gasteiger partial charge in [-0.25, -0.2) is 4.18 Å². The predicted octanol–water partition coefficient (Wildman–Crippen LogP) is -1.48. The molecule has 0 unspecified atom stereocenters. The maximum absolute atomic E-state index is 14.5. The summed E-state index contributed by atoms with van der Waals surface area (Å²) in [7, 11) is -4.01. The molecular weight excluding hydrogens is 1100 g/mol. The number of carbonyl (C=O) groups excluding carboxylic acids is 1. The van der Waals surface area contributed by atoms with Crippen LogP contribution in [0, 0.1) is 33.5 Å².